The molecule has 0 aliphatic heterocycles. The first-order valence-electron chi connectivity index (χ1n) is 5.54. The van der Waals surface area contributed by atoms with E-state index in [4.69, 9.17) is 10.5 Å². The zero-order valence-electron chi connectivity index (χ0n) is 10.0. The van der Waals surface area contributed by atoms with Gasteiger partial charge in [-0.2, -0.15) is 4.98 Å². The van der Waals surface area contributed by atoms with E-state index in [1.165, 1.54) is 0 Å². The lowest BCUT2D eigenvalue weighted by atomic mass is 10.3. The minimum absolute atomic E-state index is 0.0337. The number of ether oxygens (including phenoxy) is 1. The standard InChI is InChI=1S/C10H19N5O/c1-4-5-6-12-8-9(16-7(2)3)14-15-10(11)13-8/h7H,4-6H2,1-3H3,(H3,11,12,13,15). The van der Waals surface area contributed by atoms with Crippen LogP contribution in [-0.4, -0.2) is 27.8 Å². The molecule has 3 N–H and O–H groups in total. The van der Waals surface area contributed by atoms with Gasteiger partial charge < -0.3 is 15.8 Å². The predicted octanol–water partition coefficient (Wildman–Crippen LogP) is 1.45. The lowest BCUT2D eigenvalue weighted by molar-refractivity contribution is 0.230. The van der Waals surface area contributed by atoms with Crippen LogP contribution in [0.25, 0.3) is 0 Å². The van der Waals surface area contributed by atoms with Crippen LogP contribution in [0.3, 0.4) is 0 Å². The number of aromatic nitrogens is 3. The molecule has 6 heteroatoms. The third kappa shape index (κ3) is 3.88. The second kappa shape index (κ2) is 6.09. The Labute approximate surface area is 95.6 Å². The largest absolute Gasteiger partial charge is 0.471 e. The van der Waals surface area contributed by atoms with Crippen LogP contribution in [0.15, 0.2) is 0 Å². The van der Waals surface area contributed by atoms with E-state index >= 15 is 0 Å². The van der Waals surface area contributed by atoms with Gasteiger partial charge in [-0.3, -0.25) is 0 Å². The van der Waals surface area contributed by atoms with Crippen molar-refractivity contribution >= 4 is 11.8 Å². The Morgan fingerprint density at radius 1 is 1.38 bits per heavy atom. The lowest BCUT2D eigenvalue weighted by Crippen LogP contribution is -2.14. The van der Waals surface area contributed by atoms with Gasteiger partial charge in [0.2, 0.25) is 5.95 Å². The molecule has 0 saturated heterocycles. The van der Waals surface area contributed by atoms with Gasteiger partial charge in [-0.1, -0.05) is 13.3 Å². The summed E-state index contributed by atoms with van der Waals surface area (Å²) in [5, 5.41) is 10.7. The van der Waals surface area contributed by atoms with E-state index in [1.807, 2.05) is 13.8 Å². The fraction of sp³-hybridized carbons (Fsp3) is 0.700. The molecule has 0 atom stereocenters. The Morgan fingerprint density at radius 2 is 2.12 bits per heavy atom. The average Bonchev–Trinajstić information content (AvgIpc) is 2.22. The van der Waals surface area contributed by atoms with Crippen LogP contribution < -0.4 is 15.8 Å². The monoisotopic (exact) mass is 225 g/mol. The van der Waals surface area contributed by atoms with Crippen LogP contribution in [-0.2, 0) is 0 Å². The molecule has 0 aromatic carbocycles. The van der Waals surface area contributed by atoms with Crippen molar-refractivity contribution in [3.05, 3.63) is 0 Å². The van der Waals surface area contributed by atoms with E-state index in [9.17, 15) is 0 Å². The van der Waals surface area contributed by atoms with Gasteiger partial charge in [-0.05, 0) is 20.3 Å². The van der Waals surface area contributed by atoms with Crippen LogP contribution in [0.4, 0.5) is 11.8 Å². The number of hydrogen-bond donors (Lipinski definition) is 2. The summed E-state index contributed by atoms with van der Waals surface area (Å²) in [6, 6.07) is 0. The summed E-state index contributed by atoms with van der Waals surface area (Å²) >= 11 is 0. The van der Waals surface area contributed by atoms with E-state index in [2.05, 4.69) is 27.4 Å². The van der Waals surface area contributed by atoms with Gasteiger partial charge in [-0.15, -0.1) is 10.2 Å². The quantitative estimate of drug-likeness (QED) is 0.713. The summed E-state index contributed by atoms with van der Waals surface area (Å²) in [5.74, 6) is 1.12. The Hall–Kier alpha value is -1.59. The number of rotatable bonds is 6. The van der Waals surface area contributed by atoms with Crippen molar-refractivity contribution in [1.29, 1.82) is 0 Å². The number of unbranched alkanes of at least 4 members (excludes halogenated alkanes) is 1. The van der Waals surface area contributed by atoms with E-state index in [-0.39, 0.29) is 12.1 Å². The van der Waals surface area contributed by atoms with Crippen molar-refractivity contribution in [2.24, 2.45) is 0 Å². The molecule has 0 spiro atoms. The Morgan fingerprint density at radius 3 is 2.75 bits per heavy atom. The summed E-state index contributed by atoms with van der Waals surface area (Å²) in [5.41, 5.74) is 5.48. The molecule has 0 fully saturated rings. The Kier molecular flexibility index (Phi) is 4.75. The van der Waals surface area contributed by atoms with Gasteiger partial charge >= 0.3 is 0 Å². The maximum absolute atomic E-state index is 5.48. The zero-order chi connectivity index (χ0) is 12.0. The number of nitrogens with two attached hydrogens (primary N) is 1. The highest BCUT2D eigenvalue weighted by molar-refractivity contribution is 5.46. The predicted molar refractivity (Wildman–Crippen MR) is 63.4 cm³/mol. The molecule has 1 rings (SSSR count). The van der Waals surface area contributed by atoms with Crippen LogP contribution in [0.5, 0.6) is 5.88 Å². The van der Waals surface area contributed by atoms with Gasteiger partial charge in [0.15, 0.2) is 5.82 Å². The molecule has 1 aromatic heterocycles. The van der Waals surface area contributed by atoms with Crippen molar-refractivity contribution < 1.29 is 4.74 Å². The maximum Gasteiger partial charge on any atom is 0.277 e. The second-order valence-corrected chi connectivity index (χ2v) is 3.77. The molecule has 0 bridgehead atoms. The Balaban J connectivity index is 2.73. The van der Waals surface area contributed by atoms with Crippen molar-refractivity contribution in [1.82, 2.24) is 15.2 Å². The molecule has 0 aliphatic rings. The molecular weight excluding hydrogens is 206 g/mol. The van der Waals surface area contributed by atoms with Crippen LogP contribution in [0.1, 0.15) is 33.6 Å². The molecular formula is C10H19N5O. The van der Waals surface area contributed by atoms with Crippen molar-refractivity contribution in [3.8, 4) is 5.88 Å². The van der Waals surface area contributed by atoms with E-state index in [1.54, 1.807) is 0 Å². The molecule has 90 valence electrons. The van der Waals surface area contributed by atoms with Crippen LogP contribution >= 0.6 is 0 Å². The number of nitrogens with one attached hydrogen (secondary N) is 1. The fourth-order valence-corrected chi connectivity index (χ4v) is 1.13. The summed E-state index contributed by atoms with van der Waals surface area (Å²) in [6.07, 6.45) is 2.21. The molecule has 0 amide bonds. The number of nitrogens with zero attached hydrogens (tertiary/aromatic N) is 3. The molecule has 0 aliphatic carbocycles. The number of nitrogen functional groups attached to an aromatic ring is 1. The first-order valence-corrected chi connectivity index (χ1v) is 5.54. The van der Waals surface area contributed by atoms with Gasteiger partial charge in [0.05, 0.1) is 6.10 Å². The SMILES string of the molecule is CCCCNc1nc(N)nnc1OC(C)C. The smallest absolute Gasteiger partial charge is 0.277 e. The van der Waals surface area contributed by atoms with E-state index in [0.29, 0.717) is 11.7 Å². The average molecular weight is 225 g/mol. The molecule has 1 aromatic rings. The summed E-state index contributed by atoms with van der Waals surface area (Å²) < 4.78 is 5.48. The summed E-state index contributed by atoms with van der Waals surface area (Å²) in [6.45, 7) is 6.80. The molecule has 1 heterocycles. The topological polar surface area (TPSA) is 86.0 Å². The van der Waals surface area contributed by atoms with E-state index in [0.717, 1.165) is 19.4 Å². The highest BCUT2D eigenvalue weighted by Gasteiger charge is 2.10. The highest BCUT2D eigenvalue weighted by atomic mass is 16.5. The Bertz CT molecular complexity index is 329. The fourth-order valence-electron chi connectivity index (χ4n) is 1.13. The van der Waals surface area contributed by atoms with Crippen molar-refractivity contribution in [2.75, 3.05) is 17.6 Å². The van der Waals surface area contributed by atoms with Crippen LogP contribution in [0.2, 0.25) is 0 Å². The van der Waals surface area contributed by atoms with Crippen LogP contribution in [0, 0.1) is 0 Å². The second-order valence-electron chi connectivity index (χ2n) is 3.77. The molecule has 0 saturated carbocycles. The van der Waals surface area contributed by atoms with Crippen molar-refractivity contribution in [3.63, 3.8) is 0 Å². The van der Waals surface area contributed by atoms with Crippen molar-refractivity contribution in [2.45, 2.75) is 39.7 Å². The molecule has 0 unspecified atom stereocenters. The third-order valence-corrected chi connectivity index (χ3v) is 1.84. The van der Waals surface area contributed by atoms with Gasteiger partial charge in [0, 0.05) is 6.54 Å². The summed E-state index contributed by atoms with van der Waals surface area (Å²) in [4.78, 5) is 4.07. The first kappa shape index (κ1) is 12.5. The number of anilines is 2. The van der Waals surface area contributed by atoms with Gasteiger partial charge in [0.1, 0.15) is 0 Å². The third-order valence-electron chi connectivity index (χ3n) is 1.84. The minimum Gasteiger partial charge on any atom is -0.471 e. The molecule has 16 heavy (non-hydrogen) atoms. The molecule has 0 radical (unpaired) electrons. The molecule has 6 nitrogen and oxygen atoms in total. The zero-order valence-corrected chi connectivity index (χ0v) is 10.0. The van der Waals surface area contributed by atoms with E-state index < -0.39 is 0 Å². The number of hydrogen-bond acceptors (Lipinski definition) is 6. The van der Waals surface area contributed by atoms with Gasteiger partial charge in [-0.25, -0.2) is 0 Å². The lowest BCUT2D eigenvalue weighted by Gasteiger charge is -2.12. The first-order chi connectivity index (χ1) is 7.63. The minimum atomic E-state index is 0.0337. The maximum atomic E-state index is 5.48. The summed E-state index contributed by atoms with van der Waals surface area (Å²) in [7, 11) is 0. The highest BCUT2D eigenvalue weighted by Crippen LogP contribution is 2.19. The normalized spacial score (nSPS) is 10.5. The van der Waals surface area contributed by atoms with Gasteiger partial charge in [0.25, 0.3) is 5.88 Å².